The average molecular weight is 363 g/mol. The predicted octanol–water partition coefficient (Wildman–Crippen LogP) is 3.60. The van der Waals surface area contributed by atoms with Gasteiger partial charge in [0.15, 0.2) is 0 Å². The summed E-state index contributed by atoms with van der Waals surface area (Å²) in [7, 11) is -1.36. The Bertz CT molecular complexity index is 778. The lowest BCUT2D eigenvalue weighted by Crippen LogP contribution is -2.31. The first-order valence-corrected chi connectivity index (χ1v) is 9.25. The third-order valence-corrected chi connectivity index (χ3v) is 4.64. The molecule has 2 aromatic rings. The van der Waals surface area contributed by atoms with E-state index in [4.69, 9.17) is 0 Å². The SMILES string of the molecule is CC(NC(=O)CS(=O)C/C=C/c1ccccc1)c1ccc(F)cc1F. The molecule has 0 aliphatic carbocycles. The topological polar surface area (TPSA) is 46.2 Å². The number of amides is 1. The molecule has 0 spiro atoms. The fraction of sp³-hybridized carbons (Fsp3) is 0.211. The molecule has 0 radical (unpaired) electrons. The van der Waals surface area contributed by atoms with Crippen LogP contribution in [0.4, 0.5) is 8.78 Å². The van der Waals surface area contributed by atoms with E-state index in [9.17, 15) is 17.8 Å². The standard InChI is InChI=1S/C19H19F2NO2S/c1-14(17-10-9-16(20)12-18(17)21)22-19(23)13-25(24)11-5-8-15-6-3-2-4-7-15/h2-10,12,14H,11,13H2,1H3,(H,22,23)/b8-5+. The van der Waals surface area contributed by atoms with E-state index in [2.05, 4.69) is 5.32 Å². The Balaban J connectivity index is 1.82. The van der Waals surface area contributed by atoms with Crippen LogP contribution in [0.15, 0.2) is 54.6 Å². The van der Waals surface area contributed by atoms with Gasteiger partial charge in [-0.15, -0.1) is 0 Å². The first-order valence-electron chi connectivity index (χ1n) is 7.76. The minimum absolute atomic E-state index is 0.174. The number of hydrogen-bond donors (Lipinski definition) is 1. The normalized spacial score (nSPS) is 13.6. The maximum atomic E-state index is 13.7. The Morgan fingerprint density at radius 1 is 1.20 bits per heavy atom. The highest BCUT2D eigenvalue weighted by Gasteiger charge is 2.15. The van der Waals surface area contributed by atoms with Gasteiger partial charge in [0, 0.05) is 28.2 Å². The molecule has 0 saturated heterocycles. The zero-order valence-corrected chi connectivity index (χ0v) is 14.6. The van der Waals surface area contributed by atoms with Crippen LogP contribution in [0.1, 0.15) is 24.1 Å². The first-order chi connectivity index (χ1) is 12.0. The van der Waals surface area contributed by atoms with Crippen molar-refractivity contribution in [1.29, 1.82) is 0 Å². The van der Waals surface area contributed by atoms with Crippen LogP contribution in [0.2, 0.25) is 0 Å². The Labute approximate surface area is 148 Å². The Morgan fingerprint density at radius 3 is 2.60 bits per heavy atom. The molecule has 2 aromatic carbocycles. The van der Waals surface area contributed by atoms with Gasteiger partial charge in [-0.05, 0) is 18.6 Å². The van der Waals surface area contributed by atoms with Crippen LogP contribution >= 0.6 is 0 Å². The van der Waals surface area contributed by atoms with Crippen LogP contribution < -0.4 is 5.32 Å². The van der Waals surface area contributed by atoms with Crippen molar-refractivity contribution in [2.75, 3.05) is 11.5 Å². The molecule has 0 heterocycles. The molecule has 1 amide bonds. The number of carbonyl (C=O) groups excluding carboxylic acids is 1. The number of nitrogens with one attached hydrogen (secondary N) is 1. The highest BCUT2D eigenvalue weighted by atomic mass is 32.2. The fourth-order valence-electron chi connectivity index (χ4n) is 2.27. The van der Waals surface area contributed by atoms with E-state index < -0.39 is 34.4 Å². The van der Waals surface area contributed by atoms with Crippen LogP contribution in [0, 0.1) is 11.6 Å². The Morgan fingerprint density at radius 2 is 1.92 bits per heavy atom. The van der Waals surface area contributed by atoms with Crippen LogP contribution in [-0.2, 0) is 15.6 Å². The lowest BCUT2D eigenvalue weighted by atomic mass is 10.1. The first kappa shape index (κ1) is 19.0. The van der Waals surface area contributed by atoms with Gasteiger partial charge in [-0.2, -0.15) is 0 Å². The van der Waals surface area contributed by atoms with E-state index in [-0.39, 0.29) is 17.1 Å². The van der Waals surface area contributed by atoms with Crippen molar-refractivity contribution in [3.05, 3.63) is 77.4 Å². The van der Waals surface area contributed by atoms with Gasteiger partial charge in [0.25, 0.3) is 0 Å². The number of benzene rings is 2. The van der Waals surface area contributed by atoms with E-state index in [1.54, 1.807) is 13.0 Å². The maximum Gasteiger partial charge on any atom is 0.233 e. The molecular formula is C19H19F2NO2S. The van der Waals surface area contributed by atoms with Gasteiger partial charge in [0.05, 0.1) is 6.04 Å². The predicted molar refractivity (Wildman–Crippen MR) is 96.3 cm³/mol. The minimum atomic E-state index is -1.36. The smallest absolute Gasteiger partial charge is 0.233 e. The molecular weight excluding hydrogens is 344 g/mol. The summed E-state index contributed by atoms with van der Waals surface area (Å²) in [6.45, 7) is 1.59. The summed E-state index contributed by atoms with van der Waals surface area (Å²) in [5, 5.41) is 2.58. The summed E-state index contributed by atoms with van der Waals surface area (Å²) < 4.78 is 38.5. The van der Waals surface area contributed by atoms with Crippen LogP contribution in [0.25, 0.3) is 6.08 Å². The van der Waals surface area contributed by atoms with Crippen molar-refractivity contribution in [2.24, 2.45) is 0 Å². The quantitative estimate of drug-likeness (QED) is 0.817. The highest BCUT2D eigenvalue weighted by Crippen LogP contribution is 2.17. The van der Waals surface area contributed by atoms with Gasteiger partial charge in [-0.25, -0.2) is 8.78 Å². The largest absolute Gasteiger partial charge is 0.349 e. The number of carbonyl (C=O) groups is 1. The monoisotopic (exact) mass is 363 g/mol. The van der Waals surface area contributed by atoms with Crippen LogP contribution in [-0.4, -0.2) is 21.6 Å². The summed E-state index contributed by atoms with van der Waals surface area (Å²) in [5.74, 6) is -1.76. The molecule has 0 aliphatic heterocycles. The molecule has 2 rings (SSSR count). The third-order valence-electron chi connectivity index (χ3n) is 3.49. The van der Waals surface area contributed by atoms with Crippen molar-refractivity contribution < 1.29 is 17.8 Å². The molecule has 0 bridgehead atoms. The molecule has 0 aliphatic rings. The lowest BCUT2D eigenvalue weighted by molar-refractivity contribution is -0.119. The van der Waals surface area contributed by atoms with E-state index >= 15 is 0 Å². The molecule has 2 atom stereocenters. The second-order valence-electron chi connectivity index (χ2n) is 5.52. The Kier molecular flexibility index (Phi) is 7.01. The van der Waals surface area contributed by atoms with Gasteiger partial charge >= 0.3 is 0 Å². The van der Waals surface area contributed by atoms with E-state index in [1.807, 2.05) is 36.4 Å². The molecule has 0 aromatic heterocycles. The van der Waals surface area contributed by atoms with Crippen molar-refractivity contribution in [3.63, 3.8) is 0 Å². The van der Waals surface area contributed by atoms with Crippen molar-refractivity contribution in [2.45, 2.75) is 13.0 Å². The molecule has 1 N–H and O–H groups in total. The number of rotatable bonds is 7. The summed E-state index contributed by atoms with van der Waals surface area (Å²) in [5.41, 5.74) is 1.17. The molecule has 0 saturated carbocycles. The zero-order chi connectivity index (χ0) is 18.2. The lowest BCUT2D eigenvalue weighted by Gasteiger charge is -2.15. The van der Waals surface area contributed by atoms with E-state index in [0.717, 1.165) is 17.7 Å². The third kappa shape index (κ3) is 6.23. The number of hydrogen-bond acceptors (Lipinski definition) is 2. The maximum absolute atomic E-state index is 13.7. The van der Waals surface area contributed by atoms with Gasteiger partial charge in [-0.1, -0.05) is 48.6 Å². The summed E-state index contributed by atoms with van der Waals surface area (Å²) in [6.07, 6.45) is 3.59. The van der Waals surface area contributed by atoms with Crippen molar-refractivity contribution >= 4 is 22.8 Å². The average Bonchev–Trinajstić information content (AvgIpc) is 2.55. The highest BCUT2D eigenvalue weighted by molar-refractivity contribution is 7.85. The van der Waals surface area contributed by atoms with Gasteiger partial charge in [0.1, 0.15) is 17.4 Å². The Hall–Kier alpha value is -2.34. The fourth-order valence-corrected chi connectivity index (χ4v) is 3.08. The molecule has 2 unspecified atom stereocenters. The molecule has 25 heavy (non-hydrogen) atoms. The minimum Gasteiger partial charge on any atom is -0.349 e. The van der Waals surface area contributed by atoms with E-state index in [0.29, 0.717) is 0 Å². The number of halogens is 2. The van der Waals surface area contributed by atoms with E-state index in [1.165, 1.54) is 6.07 Å². The summed E-state index contributed by atoms with van der Waals surface area (Å²) in [4.78, 5) is 11.9. The molecule has 132 valence electrons. The molecule has 0 fully saturated rings. The second kappa shape index (κ2) is 9.22. The molecule has 3 nitrogen and oxygen atoms in total. The second-order valence-corrected chi connectivity index (χ2v) is 7.02. The molecule has 6 heteroatoms. The van der Waals surface area contributed by atoms with Gasteiger partial charge in [0.2, 0.25) is 5.91 Å². The summed E-state index contributed by atoms with van der Waals surface area (Å²) >= 11 is 0. The van der Waals surface area contributed by atoms with Crippen LogP contribution in [0.5, 0.6) is 0 Å². The van der Waals surface area contributed by atoms with Gasteiger partial charge < -0.3 is 5.32 Å². The van der Waals surface area contributed by atoms with Gasteiger partial charge in [-0.3, -0.25) is 9.00 Å². The van der Waals surface area contributed by atoms with Crippen molar-refractivity contribution in [1.82, 2.24) is 5.32 Å². The van der Waals surface area contributed by atoms with Crippen LogP contribution in [0.3, 0.4) is 0 Å². The summed E-state index contributed by atoms with van der Waals surface area (Å²) in [6, 6.07) is 12.1. The van der Waals surface area contributed by atoms with Crippen molar-refractivity contribution in [3.8, 4) is 0 Å². The zero-order valence-electron chi connectivity index (χ0n) is 13.7.